The molecular weight excluding hydrogens is 250 g/mol. The summed E-state index contributed by atoms with van der Waals surface area (Å²) in [6.07, 6.45) is 0. The van der Waals surface area contributed by atoms with E-state index in [4.69, 9.17) is 16.3 Å². The van der Waals surface area contributed by atoms with Crippen molar-refractivity contribution in [3.05, 3.63) is 47.0 Å². The summed E-state index contributed by atoms with van der Waals surface area (Å²) >= 11 is 6.12. The van der Waals surface area contributed by atoms with Crippen LogP contribution >= 0.6 is 11.6 Å². The summed E-state index contributed by atoms with van der Waals surface area (Å²) < 4.78 is 7.85. The van der Waals surface area contributed by atoms with Crippen LogP contribution in [-0.4, -0.2) is 16.1 Å². The van der Waals surface area contributed by atoms with E-state index in [1.54, 1.807) is 0 Å². The highest BCUT2D eigenvalue weighted by atomic mass is 35.5. The summed E-state index contributed by atoms with van der Waals surface area (Å²) in [5.41, 5.74) is 1.05. The van der Waals surface area contributed by atoms with Gasteiger partial charge in [-0.15, -0.1) is 0 Å². The van der Waals surface area contributed by atoms with Gasteiger partial charge in [0.15, 0.2) is 5.15 Å². The van der Waals surface area contributed by atoms with Crippen molar-refractivity contribution in [1.29, 1.82) is 0 Å². The van der Waals surface area contributed by atoms with Crippen LogP contribution in [-0.2, 0) is 19.7 Å². The van der Waals surface area contributed by atoms with Crippen molar-refractivity contribution >= 4 is 11.6 Å². The Morgan fingerprint density at radius 1 is 1.33 bits per heavy atom. The molecule has 0 bridgehead atoms. The molecule has 1 aliphatic rings. The maximum atomic E-state index is 6.12. The van der Waals surface area contributed by atoms with Crippen LogP contribution in [0.15, 0.2) is 30.3 Å². The molecule has 18 heavy (non-hydrogen) atoms. The lowest BCUT2D eigenvalue weighted by molar-refractivity contribution is 0.286. The van der Waals surface area contributed by atoms with E-state index in [1.165, 1.54) is 0 Å². The van der Waals surface area contributed by atoms with E-state index in [-0.39, 0.29) is 0 Å². The zero-order valence-electron chi connectivity index (χ0n) is 9.90. The van der Waals surface area contributed by atoms with E-state index < -0.39 is 0 Å². The molecule has 3 rings (SSSR count). The van der Waals surface area contributed by atoms with Gasteiger partial charge in [-0.25, -0.2) is 4.98 Å². The van der Waals surface area contributed by atoms with Crippen LogP contribution in [0.3, 0.4) is 0 Å². The van der Waals surface area contributed by atoms with E-state index in [0.717, 1.165) is 36.9 Å². The molecule has 0 fully saturated rings. The van der Waals surface area contributed by atoms with Crippen molar-refractivity contribution < 1.29 is 4.74 Å². The fraction of sp³-hybridized carbons (Fsp3) is 0.308. The number of aromatic nitrogens is 2. The van der Waals surface area contributed by atoms with Crippen LogP contribution in [0.25, 0.3) is 0 Å². The SMILES string of the molecule is Clc1nc(COc2ccccc2)n2c1CNCC2. The number of nitrogens with zero attached hydrogens (tertiary/aromatic N) is 2. The Morgan fingerprint density at radius 3 is 3.00 bits per heavy atom. The summed E-state index contributed by atoms with van der Waals surface area (Å²) in [6.45, 7) is 3.06. The van der Waals surface area contributed by atoms with Crippen LogP contribution in [0.2, 0.25) is 5.15 Å². The molecule has 1 aromatic carbocycles. The third kappa shape index (κ3) is 2.21. The number of benzene rings is 1. The molecule has 0 radical (unpaired) electrons. The van der Waals surface area contributed by atoms with Crippen LogP contribution in [0.1, 0.15) is 11.5 Å². The maximum absolute atomic E-state index is 6.12. The quantitative estimate of drug-likeness (QED) is 0.923. The molecule has 0 saturated heterocycles. The molecule has 0 unspecified atom stereocenters. The smallest absolute Gasteiger partial charge is 0.152 e. The third-order valence-electron chi connectivity index (χ3n) is 3.02. The van der Waals surface area contributed by atoms with Gasteiger partial charge in [0.25, 0.3) is 0 Å². The predicted molar refractivity (Wildman–Crippen MR) is 69.7 cm³/mol. The minimum absolute atomic E-state index is 0.448. The average Bonchev–Trinajstić information content (AvgIpc) is 2.75. The van der Waals surface area contributed by atoms with E-state index in [1.807, 2.05) is 30.3 Å². The number of hydrogen-bond donors (Lipinski definition) is 1. The largest absolute Gasteiger partial charge is 0.486 e. The van der Waals surface area contributed by atoms with Crippen LogP contribution in [0.5, 0.6) is 5.75 Å². The molecule has 0 atom stereocenters. The lowest BCUT2D eigenvalue weighted by Crippen LogP contribution is -2.29. The van der Waals surface area contributed by atoms with Crippen LogP contribution in [0.4, 0.5) is 0 Å². The van der Waals surface area contributed by atoms with Crippen LogP contribution in [0, 0.1) is 0 Å². The van der Waals surface area contributed by atoms with E-state index >= 15 is 0 Å². The molecule has 2 heterocycles. The van der Waals surface area contributed by atoms with Crippen LogP contribution < -0.4 is 10.1 Å². The number of nitrogens with one attached hydrogen (secondary N) is 1. The topological polar surface area (TPSA) is 39.1 Å². The van der Waals surface area contributed by atoms with Crippen molar-refractivity contribution in [2.24, 2.45) is 0 Å². The van der Waals surface area contributed by atoms with Gasteiger partial charge >= 0.3 is 0 Å². The van der Waals surface area contributed by atoms with Gasteiger partial charge in [0.05, 0.1) is 5.69 Å². The Labute approximate surface area is 111 Å². The van der Waals surface area contributed by atoms with Gasteiger partial charge in [0.1, 0.15) is 18.2 Å². The van der Waals surface area contributed by atoms with Crippen molar-refractivity contribution in [3.63, 3.8) is 0 Å². The van der Waals surface area contributed by atoms with Crippen molar-refractivity contribution in [2.45, 2.75) is 19.7 Å². The highest BCUT2D eigenvalue weighted by Crippen LogP contribution is 2.20. The van der Waals surface area contributed by atoms with Gasteiger partial charge in [-0.3, -0.25) is 0 Å². The molecule has 2 aromatic rings. The average molecular weight is 264 g/mol. The van der Waals surface area contributed by atoms with Crippen molar-refractivity contribution in [1.82, 2.24) is 14.9 Å². The van der Waals surface area contributed by atoms with Gasteiger partial charge in [0, 0.05) is 19.6 Å². The number of para-hydroxylation sites is 1. The summed E-state index contributed by atoms with van der Waals surface area (Å²) in [4.78, 5) is 4.37. The lowest BCUT2D eigenvalue weighted by atomic mass is 10.3. The highest BCUT2D eigenvalue weighted by Gasteiger charge is 2.18. The number of imidazole rings is 1. The molecule has 0 aliphatic carbocycles. The normalized spacial score (nSPS) is 14.3. The van der Waals surface area contributed by atoms with Gasteiger partial charge in [0.2, 0.25) is 0 Å². The van der Waals surface area contributed by atoms with Gasteiger partial charge in [-0.05, 0) is 12.1 Å². The van der Waals surface area contributed by atoms with E-state index in [2.05, 4.69) is 14.9 Å². The maximum Gasteiger partial charge on any atom is 0.152 e. The van der Waals surface area contributed by atoms with Crippen molar-refractivity contribution in [3.8, 4) is 5.75 Å². The Balaban J connectivity index is 1.77. The minimum atomic E-state index is 0.448. The molecule has 1 aliphatic heterocycles. The Hall–Kier alpha value is -1.52. The van der Waals surface area contributed by atoms with Gasteiger partial charge in [-0.1, -0.05) is 29.8 Å². The molecule has 0 spiro atoms. The monoisotopic (exact) mass is 263 g/mol. The first-order chi connectivity index (χ1) is 8.84. The second-order valence-electron chi connectivity index (χ2n) is 4.20. The molecule has 1 aromatic heterocycles. The lowest BCUT2D eigenvalue weighted by Gasteiger charge is -2.18. The predicted octanol–water partition coefficient (Wildman–Crippen LogP) is 2.22. The minimum Gasteiger partial charge on any atom is -0.486 e. The Morgan fingerprint density at radius 2 is 2.17 bits per heavy atom. The second kappa shape index (κ2) is 5.00. The molecule has 0 amide bonds. The summed E-state index contributed by atoms with van der Waals surface area (Å²) in [6, 6.07) is 9.74. The van der Waals surface area contributed by atoms with Gasteiger partial charge < -0.3 is 14.6 Å². The Kier molecular flexibility index (Phi) is 3.21. The molecule has 0 saturated carbocycles. The second-order valence-corrected chi connectivity index (χ2v) is 4.55. The zero-order chi connectivity index (χ0) is 12.4. The number of hydrogen-bond acceptors (Lipinski definition) is 3. The summed E-state index contributed by atoms with van der Waals surface area (Å²) in [7, 11) is 0. The van der Waals surface area contributed by atoms with Gasteiger partial charge in [-0.2, -0.15) is 0 Å². The van der Waals surface area contributed by atoms with E-state index in [9.17, 15) is 0 Å². The molecule has 4 nitrogen and oxygen atoms in total. The first-order valence-electron chi connectivity index (χ1n) is 5.97. The van der Waals surface area contributed by atoms with E-state index in [0.29, 0.717) is 11.8 Å². The van der Waals surface area contributed by atoms with Crippen molar-refractivity contribution in [2.75, 3.05) is 6.54 Å². The molecule has 1 N–H and O–H groups in total. The summed E-state index contributed by atoms with van der Waals surface area (Å²) in [5, 5.41) is 3.86. The number of halogens is 1. The zero-order valence-corrected chi connectivity index (χ0v) is 10.7. The number of ether oxygens (including phenoxy) is 1. The fourth-order valence-electron chi connectivity index (χ4n) is 2.11. The third-order valence-corrected chi connectivity index (χ3v) is 3.32. The highest BCUT2D eigenvalue weighted by molar-refractivity contribution is 6.30. The molecule has 94 valence electrons. The first-order valence-corrected chi connectivity index (χ1v) is 6.35. The first kappa shape index (κ1) is 11.6. The fourth-order valence-corrected chi connectivity index (χ4v) is 2.38. The molecular formula is C13H14ClN3O. The number of fused-ring (bicyclic) bond motifs is 1. The standard InChI is InChI=1S/C13H14ClN3O/c14-13-11-8-15-6-7-17(11)12(16-13)9-18-10-4-2-1-3-5-10/h1-5,15H,6-9H2. The molecule has 5 heteroatoms. The summed E-state index contributed by atoms with van der Waals surface area (Å²) in [5.74, 6) is 1.74. The Bertz CT molecular complexity index is 539. The number of rotatable bonds is 3.